The monoisotopic (exact) mass is 320 g/mol. The Kier molecular flexibility index (Phi) is 4.03. The molecule has 5 heteroatoms. The first-order valence-electron chi connectivity index (χ1n) is 5.46. The molecule has 0 amide bonds. The summed E-state index contributed by atoms with van der Waals surface area (Å²) in [6.45, 7) is 0.241. The van der Waals surface area contributed by atoms with Crippen LogP contribution in [0, 0.1) is 17.1 Å². The van der Waals surface area contributed by atoms with Gasteiger partial charge >= 0.3 is 0 Å². The number of nitrogens with two attached hydrogens (primary N) is 1. The van der Waals surface area contributed by atoms with Gasteiger partial charge in [-0.25, -0.2) is 4.39 Å². The molecule has 0 aliphatic heterocycles. The lowest BCUT2D eigenvalue weighted by atomic mass is 10.1. The molecule has 19 heavy (non-hydrogen) atoms. The third-order valence-electron chi connectivity index (χ3n) is 2.45. The van der Waals surface area contributed by atoms with E-state index in [1.54, 1.807) is 30.3 Å². The number of halogens is 2. The van der Waals surface area contributed by atoms with Crippen molar-refractivity contribution in [3.8, 4) is 11.8 Å². The highest BCUT2D eigenvalue weighted by molar-refractivity contribution is 9.10. The van der Waals surface area contributed by atoms with Gasteiger partial charge in [0.2, 0.25) is 0 Å². The minimum Gasteiger partial charge on any atom is -0.489 e. The van der Waals surface area contributed by atoms with Crippen LogP contribution in [0.3, 0.4) is 0 Å². The highest BCUT2D eigenvalue weighted by atomic mass is 79.9. The van der Waals surface area contributed by atoms with Gasteiger partial charge < -0.3 is 10.5 Å². The van der Waals surface area contributed by atoms with Crippen LogP contribution in [0.25, 0.3) is 0 Å². The summed E-state index contributed by atoms with van der Waals surface area (Å²) in [4.78, 5) is 0. The number of nitrogens with zero attached hydrogens (tertiary/aromatic N) is 1. The lowest BCUT2D eigenvalue weighted by Gasteiger charge is -2.08. The Morgan fingerprint density at radius 3 is 2.74 bits per heavy atom. The SMILES string of the molecule is N#Cc1cc(COc2cc(N)cc(Br)c2)ccc1F. The Balaban J connectivity index is 2.12. The molecule has 0 saturated carbocycles. The van der Waals surface area contributed by atoms with Crippen molar-refractivity contribution < 1.29 is 9.13 Å². The van der Waals surface area contributed by atoms with Gasteiger partial charge in [0.25, 0.3) is 0 Å². The van der Waals surface area contributed by atoms with Crippen LogP contribution in [0.15, 0.2) is 40.9 Å². The van der Waals surface area contributed by atoms with E-state index >= 15 is 0 Å². The molecule has 0 unspecified atom stereocenters. The van der Waals surface area contributed by atoms with Crippen molar-refractivity contribution in [3.63, 3.8) is 0 Å². The number of benzene rings is 2. The first-order valence-corrected chi connectivity index (χ1v) is 6.25. The number of rotatable bonds is 3. The predicted octanol–water partition coefficient (Wildman–Crippen LogP) is 3.62. The van der Waals surface area contributed by atoms with E-state index in [1.807, 2.05) is 0 Å². The molecule has 2 N–H and O–H groups in total. The zero-order valence-corrected chi connectivity index (χ0v) is 11.4. The van der Waals surface area contributed by atoms with Crippen molar-refractivity contribution in [3.05, 3.63) is 57.8 Å². The van der Waals surface area contributed by atoms with Crippen LogP contribution >= 0.6 is 15.9 Å². The molecule has 0 fully saturated rings. The molecule has 0 aliphatic rings. The molecule has 0 spiro atoms. The Morgan fingerprint density at radius 2 is 2.05 bits per heavy atom. The maximum Gasteiger partial charge on any atom is 0.140 e. The van der Waals surface area contributed by atoms with Gasteiger partial charge in [0.05, 0.1) is 5.56 Å². The van der Waals surface area contributed by atoms with Crippen molar-refractivity contribution in [2.45, 2.75) is 6.61 Å². The van der Waals surface area contributed by atoms with Crippen LogP contribution in [-0.2, 0) is 6.61 Å². The van der Waals surface area contributed by atoms with Gasteiger partial charge in [0.15, 0.2) is 0 Å². The molecular formula is C14H10BrFN2O. The van der Waals surface area contributed by atoms with E-state index < -0.39 is 5.82 Å². The first kappa shape index (κ1) is 13.4. The second-order valence-electron chi connectivity index (χ2n) is 3.93. The van der Waals surface area contributed by atoms with Gasteiger partial charge in [0.1, 0.15) is 24.2 Å². The molecule has 3 nitrogen and oxygen atoms in total. The fraction of sp³-hybridized carbons (Fsp3) is 0.0714. The summed E-state index contributed by atoms with van der Waals surface area (Å²) in [5.41, 5.74) is 7.00. The van der Waals surface area contributed by atoms with Gasteiger partial charge in [0, 0.05) is 16.2 Å². The minimum atomic E-state index is -0.530. The second-order valence-corrected chi connectivity index (χ2v) is 4.85. The Bertz CT molecular complexity index is 632. The fourth-order valence-electron chi connectivity index (χ4n) is 1.58. The van der Waals surface area contributed by atoms with Crippen molar-refractivity contribution in [2.75, 3.05) is 5.73 Å². The van der Waals surface area contributed by atoms with E-state index in [-0.39, 0.29) is 12.2 Å². The average molecular weight is 321 g/mol. The van der Waals surface area contributed by atoms with Gasteiger partial charge in [-0.05, 0) is 29.8 Å². The predicted molar refractivity (Wildman–Crippen MR) is 74.0 cm³/mol. The molecule has 0 bridgehead atoms. The fourth-order valence-corrected chi connectivity index (χ4v) is 2.07. The lowest BCUT2D eigenvalue weighted by molar-refractivity contribution is 0.306. The Hall–Kier alpha value is -2.06. The smallest absolute Gasteiger partial charge is 0.140 e. The molecule has 0 heterocycles. The number of nitriles is 1. The maximum absolute atomic E-state index is 13.2. The van der Waals surface area contributed by atoms with E-state index in [9.17, 15) is 4.39 Å². The topological polar surface area (TPSA) is 59.0 Å². The summed E-state index contributed by atoms with van der Waals surface area (Å²) in [7, 11) is 0. The first-order chi connectivity index (χ1) is 9.08. The van der Waals surface area contributed by atoms with E-state index in [0.717, 1.165) is 10.0 Å². The zero-order valence-electron chi connectivity index (χ0n) is 9.86. The average Bonchev–Trinajstić information content (AvgIpc) is 2.36. The molecule has 0 aromatic heterocycles. The number of nitrogen functional groups attached to an aromatic ring is 1. The quantitative estimate of drug-likeness (QED) is 0.879. The van der Waals surface area contributed by atoms with Crippen LogP contribution < -0.4 is 10.5 Å². The summed E-state index contributed by atoms with van der Waals surface area (Å²) >= 11 is 3.32. The number of anilines is 1. The van der Waals surface area contributed by atoms with Gasteiger partial charge in [-0.1, -0.05) is 22.0 Å². The summed E-state index contributed by atoms with van der Waals surface area (Å²) in [5.74, 6) is 0.0765. The lowest BCUT2D eigenvalue weighted by Crippen LogP contribution is -1.98. The number of hydrogen-bond acceptors (Lipinski definition) is 3. The van der Waals surface area contributed by atoms with Crippen molar-refractivity contribution in [2.24, 2.45) is 0 Å². The Labute approximate surface area is 118 Å². The maximum atomic E-state index is 13.2. The van der Waals surface area contributed by atoms with E-state index in [1.165, 1.54) is 12.1 Å². The summed E-state index contributed by atoms with van der Waals surface area (Å²) in [5, 5.41) is 8.75. The van der Waals surface area contributed by atoms with Crippen LogP contribution in [0.4, 0.5) is 10.1 Å². The van der Waals surface area contributed by atoms with E-state index in [2.05, 4.69) is 15.9 Å². The highest BCUT2D eigenvalue weighted by Crippen LogP contribution is 2.23. The Morgan fingerprint density at radius 1 is 1.26 bits per heavy atom. The third-order valence-corrected chi connectivity index (χ3v) is 2.91. The minimum absolute atomic E-state index is 0.00913. The molecule has 2 aromatic carbocycles. The molecule has 0 saturated heterocycles. The zero-order chi connectivity index (χ0) is 13.8. The van der Waals surface area contributed by atoms with Crippen LogP contribution in [0.2, 0.25) is 0 Å². The van der Waals surface area contributed by atoms with Crippen molar-refractivity contribution >= 4 is 21.6 Å². The van der Waals surface area contributed by atoms with Crippen LogP contribution in [-0.4, -0.2) is 0 Å². The van der Waals surface area contributed by atoms with Gasteiger partial charge in [-0.15, -0.1) is 0 Å². The molecule has 96 valence electrons. The molecular weight excluding hydrogens is 311 g/mol. The largest absolute Gasteiger partial charge is 0.489 e. The third kappa shape index (κ3) is 3.46. The van der Waals surface area contributed by atoms with Gasteiger partial charge in [-0.3, -0.25) is 0 Å². The standard InChI is InChI=1S/C14H10BrFN2O/c15-11-4-12(18)6-13(5-11)19-8-9-1-2-14(16)10(3-9)7-17/h1-6H,8,18H2. The highest BCUT2D eigenvalue weighted by Gasteiger charge is 2.04. The second kappa shape index (κ2) is 5.72. The summed E-state index contributed by atoms with van der Waals surface area (Å²) in [6, 6.07) is 11.3. The number of hydrogen-bond donors (Lipinski definition) is 1. The molecule has 0 atom stereocenters. The van der Waals surface area contributed by atoms with Gasteiger partial charge in [-0.2, -0.15) is 5.26 Å². The van der Waals surface area contributed by atoms with Crippen molar-refractivity contribution in [1.82, 2.24) is 0 Å². The van der Waals surface area contributed by atoms with E-state index in [4.69, 9.17) is 15.7 Å². The van der Waals surface area contributed by atoms with E-state index in [0.29, 0.717) is 11.4 Å². The number of ether oxygens (including phenoxy) is 1. The molecule has 0 aliphatic carbocycles. The normalized spacial score (nSPS) is 9.95. The molecule has 0 radical (unpaired) electrons. The van der Waals surface area contributed by atoms with Crippen molar-refractivity contribution in [1.29, 1.82) is 5.26 Å². The summed E-state index contributed by atoms with van der Waals surface area (Å²) < 4.78 is 19.5. The summed E-state index contributed by atoms with van der Waals surface area (Å²) in [6.07, 6.45) is 0. The molecule has 2 rings (SSSR count). The van der Waals surface area contributed by atoms with Crippen LogP contribution in [0.5, 0.6) is 5.75 Å². The van der Waals surface area contributed by atoms with Crippen LogP contribution in [0.1, 0.15) is 11.1 Å². The molecule has 2 aromatic rings.